The number of carbonyl (C=O) groups excluding carboxylic acids is 1. The molecule has 4 atom stereocenters. The Kier molecular flexibility index (Phi) is 0.715. The molecule has 0 aromatic carbocycles. The molecule has 3 rings (SSSR count). The van der Waals surface area contributed by atoms with E-state index in [-0.39, 0.29) is 5.97 Å². The van der Waals surface area contributed by atoms with Gasteiger partial charge in [0.2, 0.25) is 0 Å². The molecule has 2 aliphatic carbocycles. The molecule has 2 heteroatoms. The maximum Gasteiger partial charge on any atom is 0.309 e. The molecule has 10 heavy (non-hydrogen) atoms. The van der Waals surface area contributed by atoms with Crippen molar-refractivity contribution in [1.29, 1.82) is 0 Å². The Balaban J connectivity index is 2.06. The van der Waals surface area contributed by atoms with Gasteiger partial charge in [-0.3, -0.25) is 4.79 Å². The lowest BCUT2D eigenvalue weighted by Gasteiger charge is -2.20. The zero-order valence-electron chi connectivity index (χ0n) is 5.75. The van der Waals surface area contributed by atoms with E-state index in [1.165, 1.54) is 19.3 Å². The minimum Gasteiger partial charge on any atom is -0.462 e. The van der Waals surface area contributed by atoms with Crippen LogP contribution in [0.4, 0.5) is 0 Å². The molecule has 0 aromatic rings. The SMILES string of the molecule is O=C1O[C@@H]2C[C@H]3CC[C@H]2[C@@H]13. The van der Waals surface area contributed by atoms with Crippen molar-refractivity contribution in [3.63, 3.8) is 0 Å². The molecule has 1 aliphatic heterocycles. The summed E-state index contributed by atoms with van der Waals surface area (Å²) in [6.07, 6.45) is 4.02. The predicted octanol–water partition coefficient (Wildman–Crippen LogP) is 0.958. The van der Waals surface area contributed by atoms with Gasteiger partial charge in [0.05, 0.1) is 5.92 Å². The lowest BCUT2D eigenvalue weighted by molar-refractivity contribution is -0.150. The number of rotatable bonds is 0. The molecule has 0 amide bonds. The van der Waals surface area contributed by atoms with Gasteiger partial charge in [-0.2, -0.15) is 0 Å². The molecule has 0 radical (unpaired) electrons. The van der Waals surface area contributed by atoms with Gasteiger partial charge < -0.3 is 4.74 Å². The largest absolute Gasteiger partial charge is 0.462 e. The van der Waals surface area contributed by atoms with Gasteiger partial charge in [0.25, 0.3) is 0 Å². The summed E-state index contributed by atoms with van der Waals surface area (Å²) in [5.41, 5.74) is 0. The lowest BCUT2D eigenvalue weighted by Crippen LogP contribution is -2.22. The van der Waals surface area contributed by atoms with Gasteiger partial charge in [-0.25, -0.2) is 0 Å². The molecular formula is C8H10O2. The number of hydrogen-bond donors (Lipinski definition) is 0. The average molecular weight is 138 g/mol. The second-order valence-electron chi connectivity index (χ2n) is 3.74. The summed E-state index contributed by atoms with van der Waals surface area (Å²) in [5, 5.41) is 0. The van der Waals surface area contributed by atoms with Crippen LogP contribution in [0.25, 0.3) is 0 Å². The first-order chi connectivity index (χ1) is 4.86. The number of ether oxygens (including phenoxy) is 1. The van der Waals surface area contributed by atoms with E-state index in [0.29, 0.717) is 23.9 Å². The van der Waals surface area contributed by atoms with Gasteiger partial charge >= 0.3 is 5.97 Å². The van der Waals surface area contributed by atoms with Crippen LogP contribution in [0.1, 0.15) is 19.3 Å². The van der Waals surface area contributed by atoms with Crippen LogP contribution in [0.15, 0.2) is 0 Å². The summed E-state index contributed by atoms with van der Waals surface area (Å²) in [4.78, 5) is 11.1. The van der Waals surface area contributed by atoms with Crippen LogP contribution in [0.3, 0.4) is 0 Å². The molecule has 3 aliphatic rings. The highest BCUT2D eigenvalue weighted by Crippen LogP contribution is 2.55. The van der Waals surface area contributed by atoms with Crippen molar-refractivity contribution in [2.75, 3.05) is 0 Å². The van der Waals surface area contributed by atoms with Gasteiger partial charge in [-0.05, 0) is 25.2 Å². The molecule has 1 heterocycles. The van der Waals surface area contributed by atoms with E-state index in [2.05, 4.69) is 0 Å². The average Bonchev–Trinajstić information content (AvgIpc) is 2.49. The zero-order valence-corrected chi connectivity index (χ0v) is 5.75. The van der Waals surface area contributed by atoms with Crippen molar-refractivity contribution in [2.45, 2.75) is 25.4 Å². The zero-order chi connectivity index (χ0) is 6.72. The summed E-state index contributed by atoms with van der Waals surface area (Å²) in [6.45, 7) is 0. The van der Waals surface area contributed by atoms with E-state index in [1.54, 1.807) is 0 Å². The van der Waals surface area contributed by atoms with Crippen molar-refractivity contribution >= 4 is 5.97 Å². The fourth-order valence-corrected chi connectivity index (χ4v) is 3.00. The van der Waals surface area contributed by atoms with Crippen LogP contribution in [-0.4, -0.2) is 12.1 Å². The number of hydrogen-bond acceptors (Lipinski definition) is 2. The van der Waals surface area contributed by atoms with Gasteiger partial charge in [-0.15, -0.1) is 0 Å². The summed E-state index contributed by atoms with van der Waals surface area (Å²) < 4.78 is 5.16. The van der Waals surface area contributed by atoms with Crippen molar-refractivity contribution < 1.29 is 9.53 Å². The van der Waals surface area contributed by atoms with E-state index in [9.17, 15) is 4.79 Å². The van der Waals surface area contributed by atoms with E-state index in [1.807, 2.05) is 0 Å². The Hall–Kier alpha value is -0.530. The highest BCUT2D eigenvalue weighted by atomic mass is 16.6. The number of esters is 1. The monoisotopic (exact) mass is 138 g/mol. The maximum absolute atomic E-state index is 11.1. The fraction of sp³-hybridized carbons (Fsp3) is 0.875. The third-order valence-corrected chi connectivity index (χ3v) is 3.39. The Morgan fingerprint density at radius 2 is 2.30 bits per heavy atom. The van der Waals surface area contributed by atoms with Gasteiger partial charge in [0, 0.05) is 5.92 Å². The fourth-order valence-electron chi connectivity index (χ4n) is 3.00. The Bertz CT molecular complexity index is 199. The predicted molar refractivity (Wildman–Crippen MR) is 34.2 cm³/mol. The minimum absolute atomic E-state index is 0.101. The Morgan fingerprint density at radius 1 is 1.40 bits per heavy atom. The number of carbonyl (C=O) groups is 1. The van der Waals surface area contributed by atoms with Crippen LogP contribution in [0.2, 0.25) is 0 Å². The van der Waals surface area contributed by atoms with Crippen LogP contribution in [0.5, 0.6) is 0 Å². The second-order valence-corrected chi connectivity index (χ2v) is 3.74. The molecule has 3 fully saturated rings. The molecular weight excluding hydrogens is 128 g/mol. The maximum atomic E-state index is 11.1. The molecule has 1 saturated heterocycles. The summed E-state index contributed by atoms with van der Waals surface area (Å²) >= 11 is 0. The van der Waals surface area contributed by atoms with Gasteiger partial charge in [0.1, 0.15) is 6.10 Å². The normalized spacial score (nSPS) is 55.8. The molecule has 0 spiro atoms. The van der Waals surface area contributed by atoms with Crippen molar-refractivity contribution in [3.8, 4) is 0 Å². The highest BCUT2D eigenvalue weighted by Gasteiger charge is 2.58. The van der Waals surface area contributed by atoms with Crippen LogP contribution < -0.4 is 0 Å². The molecule has 0 N–H and O–H groups in total. The van der Waals surface area contributed by atoms with Crippen LogP contribution >= 0.6 is 0 Å². The molecule has 2 nitrogen and oxygen atoms in total. The first-order valence-corrected chi connectivity index (χ1v) is 4.07. The lowest BCUT2D eigenvalue weighted by atomic mass is 9.97. The van der Waals surface area contributed by atoms with E-state index < -0.39 is 0 Å². The second kappa shape index (κ2) is 1.39. The van der Waals surface area contributed by atoms with Gasteiger partial charge in [0.15, 0.2) is 0 Å². The molecule has 54 valence electrons. The minimum atomic E-state index is 0.101. The molecule has 4 bridgehead atoms. The van der Waals surface area contributed by atoms with Gasteiger partial charge in [-0.1, -0.05) is 0 Å². The summed E-state index contributed by atoms with van der Waals surface area (Å²) in [7, 11) is 0. The summed E-state index contributed by atoms with van der Waals surface area (Å²) in [5.74, 6) is 1.75. The third kappa shape index (κ3) is 0.386. The first-order valence-electron chi connectivity index (χ1n) is 4.07. The van der Waals surface area contributed by atoms with Crippen LogP contribution in [0, 0.1) is 17.8 Å². The molecule has 0 unspecified atom stereocenters. The van der Waals surface area contributed by atoms with Crippen molar-refractivity contribution in [3.05, 3.63) is 0 Å². The van der Waals surface area contributed by atoms with Crippen molar-refractivity contribution in [2.24, 2.45) is 17.8 Å². The summed E-state index contributed by atoms with van der Waals surface area (Å²) in [6, 6.07) is 0. The molecule has 0 aromatic heterocycles. The smallest absolute Gasteiger partial charge is 0.309 e. The van der Waals surface area contributed by atoms with E-state index in [0.717, 1.165) is 0 Å². The Morgan fingerprint density at radius 3 is 2.90 bits per heavy atom. The standard InChI is InChI=1S/C8H10O2/c9-8-7-4-1-2-5(7)6(3-4)10-8/h4-7H,1-3H2/t4-,5-,6-,7+/m1/s1. The Labute approximate surface area is 59.6 Å². The highest BCUT2D eigenvalue weighted by molar-refractivity contribution is 5.77. The first kappa shape index (κ1) is 5.16. The third-order valence-electron chi connectivity index (χ3n) is 3.39. The van der Waals surface area contributed by atoms with E-state index >= 15 is 0 Å². The quantitative estimate of drug-likeness (QED) is 0.466. The molecule has 2 saturated carbocycles. The van der Waals surface area contributed by atoms with Crippen molar-refractivity contribution in [1.82, 2.24) is 0 Å². The van der Waals surface area contributed by atoms with Crippen LogP contribution in [-0.2, 0) is 9.53 Å². The topological polar surface area (TPSA) is 26.3 Å². The van der Waals surface area contributed by atoms with E-state index in [4.69, 9.17) is 4.74 Å².